The number of carbonyl (C=O) groups is 4. The topological polar surface area (TPSA) is 192 Å². The van der Waals surface area contributed by atoms with Crippen LogP contribution in [0.3, 0.4) is 0 Å². The number of ether oxygens (including phenoxy) is 1. The number of amides is 2. The molecule has 0 aliphatic rings. The van der Waals surface area contributed by atoms with Crippen molar-refractivity contribution in [2.24, 2.45) is 22.2 Å². The number of nitrogens with two attached hydrogens (primary N) is 3. The maximum Gasteiger partial charge on any atom is 0.336 e. The minimum atomic E-state index is -1.03. The molecule has 2 atom stereocenters. The summed E-state index contributed by atoms with van der Waals surface area (Å²) < 4.78 is 4.86. The number of carbonyl (C=O) groups excluding carboxylic acids is 4. The summed E-state index contributed by atoms with van der Waals surface area (Å²) in [7, 11) is 0. The number of unbranched alkanes of at least 4 members (excludes halogenated alkanes) is 1. The van der Waals surface area contributed by atoms with Crippen LogP contribution in [-0.4, -0.2) is 54.9 Å². The van der Waals surface area contributed by atoms with Crippen molar-refractivity contribution in [1.82, 2.24) is 10.6 Å². The molecule has 0 bridgehead atoms. The lowest BCUT2D eigenvalue weighted by Gasteiger charge is -2.19. The average molecular weight is 386 g/mol. The van der Waals surface area contributed by atoms with Crippen molar-refractivity contribution in [3.05, 3.63) is 0 Å². The van der Waals surface area contributed by atoms with Crippen LogP contribution in [0.25, 0.3) is 0 Å². The zero-order valence-corrected chi connectivity index (χ0v) is 15.8. The molecule has 0 aliphatic carbocycles. The Morgan fingerprint density at radius 2 is 1.37 bits per heavy atom. The monoisotopic (exact) mass is 386 g/mol. The third-order valence-corrected chi connectivity index (χ3v) is 3.42. The first-order chi connectivity index (χ1) is 12.7. The standard InChI is InChI=1S/C16H30N6O5/c1-10(23)21-12(6-3-4-8-17)14(25)27-15(26)13(22-11(2)24)7-5-9-20-16(18)19/h12-13H,3-9,17H2,1-2H3,(H,21,23)(H,22,24)(H4,18,19,20)/t12-,13-/m0/s1. The van der Waals surface area contributed by atoms with Gasteiger partial charge in [0.25, 0.3) is 0 Å². The Hall–Kier alpha value is -2.69. The van der Waals surface area contributed by atoms with Crippen molar-refractivity contribution in [2.75, 3.05) is 13.1 Å². The lowest BCUT2D eigenvalue weighted by atomic mass is 10.1. The first kappa shape index (κ1) is 24.3. The zero-order chi connectivity index (χ0) is 20.8. The molecule has 0 aromatic heterocycles. The Balaban J connectivity index is 4.85. The molecule has 154 valence electrons. The van der Waals surface area contributed by atoms with Gasteiger partial charge in [-0.15, -0.1) is 0 Å². The maximum absolute atomic E-state index is 12.3. The summed E-state index contributed by atoms with van der Waals surface area (Å²) in [5.74, 6) is -2.75. The SMILES string of the molecule is CC(=O)N[C@@H](CCCCN)C(=O)OC(=O)[C@H](CCCN=C(N)N)NC(C)=O. The van der Waals surface area contributed by atoms with Crippen LogP contribution in [0.1, 0.15) is 46.0 Å². The lowest BCUT2D eigenvalue weighted by molar-refractivity contribution is -0.164. The number of hydrogen-bond donors (Lipinski definition) is 5. The molecule has 0 aromatic carbocycles. The molecule has 27 heavy (non-hydrogen) atoms. The van der Waals surface area contributed by atoms with Gasteiger partial charge in [-0.25, -0.2) is 9.59 Å². The van der Waals surface area contributed by atoms with Crippen molar-refractivity contribution in [1.29, 1.82) is 0 Å². The third-order valence-electron chi connectivity index (χ3n) is 3.42. The van der Waals surface area contributed by atoms with E-state index in [1.54, 1.807) is 0 Å². The van der Waals surface area contributed by atoms with Crippen LogP contribution in [0.4, 0.5) is 0 Å². The fourth-order valence-electron chi connectivity index (χ4n) is 2.23. The van der Waals surface area contributed by atoms with Gasteiger partial charge in [0.05, 0.1) is 0 Å². The van der Waals surface area contributed by atoms with Crippen molar-refractivity contribution < 1.29 is 23.9 Å². The molecule has 2 amide bonds. The highest BCUT2D eigenvalue weighted by molar-refractivity contribution is 5.94. The summed E-state index contributed by atoms with van der Waals surface area (Å²) >= 11 is 0. The van der Waals surface area contributed by atoms with Crippen molar-refractivity contribution in [3.63, 3.8) is 0 Å². The van der Waals surface area contributed by atoms with Crippen LogP contribution >= 0.6 is 0 Å². The summed E-state index contributed by atoms with van der Waals surface area (Å²) in [6.07, 6.45) is 2.10. The predicted octanol–water partition coefficient (Wildman–Crippen LogP) is -1.75. The second kappa shape index (κ2) is 13.5. The number of nitrogens with zero attached hydrogens (tertiary/aromatic N) is 1. The quantitative estimate of drug-likeness (QED) is 0.0856. The van der Waals surface area contributed by atoms with E-state index in [9.17, 15) is 19.2 Å². The van der Waals surface area contributed by atoms with E-state index in [1.165, 1.54) is 13.8 Å². The van der Waals surface area contributed by atoms with Gasteiger partial charge < -0.3 is 32.6 Å². The summed E-state index contributed by atoms with van der Waals surface area (Å²) in [4.78, 5) is 50.8. The fraction of sp³-hybridized carbons (Fsp3) is 0.688. The maximum atomic E-state index is 12.3. The zero-order valence-electron chi connectivity index (χ0n) is 15.8. The van der Waals surface area contributed by atoms with Crippen LogP contribution in [0.2, 0.25) is 0 Å². The second-order valence-corrected chi connectivity index (χ2v) is 5.98. The van der Waals surface area contributed by atoms with Crippen LogP contribution in [0.15, 0.2) is 4.99 Å². The highest BCUT2D eigenvalue weighted by Gasteiger charge is 2.28. The van der Waals surface area contributed by atoms with Gasteiger partial charge in [0.1, 0.15) is 12.1 Å². The van der Waals surface area contributed by atoms with Gasteiger partial charge >= 0.3 is 11.9 Å². The fourth-order valence-corrected chi connectivity index (χ4v) is 2.23. The number of esters is 2. The molecule has 0 rings (SSSR count). The van der Waals surface area contributed by atoms with Crippen LogP contribution < -0.4 is 27.8 Å². The Labute approximate surface area is 158 Å². The highest BCUT2D eigenvalue weighted by Crippen LogP contribution is 2.06. The molecule has 0 heterocycles. The van der Waals surface area contributed by atoms with E-state index in [0.29, 0.717) is 25.8 Å². The van der Waals surface area contributed by atoms with E-state index in [-0.39, 0.29) is 25.3 Å². The van der Waals surface area contributed by atoms with Gasteiger partial charge in [-0.2, -0.15) is 0 Å². The molecule has 0 aromatic rings. The molecule has 0 saturated heterocycles. The van der Waals surface area contributed by atoms with Crippen LogP contribution in [0.5, 0.6) is 0 Å². The molecular weight excluding hydrogens is 356 g/mol. The number of aliphatic imine (C=N–C) groups is 1. The molecule has 0 radical (unpaired) electrons. The minimum absolute atomic E-state index is 0.0838. The van der Waals surface area contributed by atoms with Gasteiger partial charge in [-0.3, -0.25) is 14.6 Å². The Bertz CT molecular complexity index is 547. The highest BCUT2D eigenvalue weighted by atomic mass is 16.6. The molecule has 0 fully saturated rings. The normalized spacial score (nSPS) is 12.4. The summed E-state index contributed by atoms with van der Waals surface area (Å²) in [6.45, 7) is 3.20. The largest absolute Gasteiger partial charge is 0.390 e. The van der Waals surface area contributed by atoms with Crippen LogP contribution in [-0.2, 0) is 23.9 Å². The van der Waals surface area contributed by atoms with Gasteiger partial charge in [0.15, 0.2) is 5.96 Å². The number of hydrogen-bond acceptors (Lipinski definition) is 7. The Kier molecular flexibility index (Phi) is 12.2. The first-order valence-corrected chi connectivity index (χ1v) is 8.72. The average Bonchev–Trinajstić information content (AvgIpc) is 2.55. The smallest absolute Gasteiger partial charge is 0.336 e. The minimum Gasteiger partial charge on any atom is -0.390 e. The van der Waals surface area contributed by atoms with Crippen molar-refractivity contribution in [3.8, 4) is 0 Å². The first-order valence-electron chi connectivity index (χ1n) is 8.72. The number of nitrogens with one attached hydrogen (secondary N) is 2. The summed E-state index contributed by atoms with van der Waals surface area (Å²) in [6, 6.07) is -1.99. The third kappa shape index (κ3) is 12.3. The van der Waals surface area contributed by atoms with E-state index in [2.05, 4.69) is 15.6 Å². The molecule has 0 spiro atoms. The van der Waals surface area contributed by atoms with E-state index >= 15 is 0 Å². The van der Waals surface area contributed by atoms with E-state index in [1.807, 2.05) is 0 Å². The van der Waals surface area contributed by atoms with Gasteiger partial charge in [-0.1, -0.05) is 0 Å². The van der Waals surface area contributed by atoms with Crippen LogP contribution in [0, 0.1) is 0 Å². The second-order valence-electron chi connectivity index (χ2n) is 5.98. The molecule has 11 nitrogen and oxygen atoms in total. The Morgan fingerprint density at radius 1 is 0.889 bits per heavy atom. The summed E-state index contributed by atoms with van der Waals surface area (Å²) in [5.41, 5.74) is 15.8. The van der Waals surface area contributed by atoms with Gasteiger partial charge in [0, 0.05) is 20.4 Å². The number of rotatable bonds is 12. The molecule has 11 heteroatoms. The molecule has 8 N–H and O–H groups in total. The number of guanidine groups is 1. The molecular formula is C16H30N6O5. The van der Waals surface area contributed by atoms with Gasteiger partial charge in [0.2, 0.25) is 11.8 Å². The predicted molar refractivity (Wildman–Crippen MR) is 99.1 cm³/mol. The van der Waals surface area contributed by atoms with E-state index in [4.69, 9.17) is 21.9 Å². The lowest BCUT2D eigenvalue weighted by Crippen LogP contribution is -2.46. The van der Waals surface area contributed by atoms with E-state index < -0.39 is 35.8 Å². The Morgan fingerprint density at radius 3 is 1.78 bits per heavy atom. The summed E-state index contributed by atoms with van der Waals surface area (Å²) in [5, 5.41) is 4.87. The molecule has 0 aliphatic heterocycles. The van der Waals surface area contributed by atoms with Gasteiger partial charge in [-0.05, 0) is 38.6 Å². The van der Waals surface area contributed by atoms with E-state index in [0.717, 1.165) is 0 Å². The molecule has 0 saturated carbocycles. The van der Waals surface area contributed by atoms with Crippen molar-refractivity contribution >= 4 is 29.7 Å². The van der Waals surface area contributed by atoms with Crippen molar-refractivity contribution in [2.45, 2.75) is 58.0 Å². The molecule has 0 unspecified atom stereocenters.